The summed E-state index contributed by atoms with van der Waals surface area (Å²) in [5.41, 5.74) is 0.536. The zero-order valence-corrected chi connectivity index (χ0v) is 9.27. The summed E-state index contributed by atoms with van der Waals surface area (Å²) in [6, 6.07) is 9.49. The molecule has 0 aliphatic rings. The molecule has 1 atom stereocenters. The zero-order valence-electron chi connectivity index (χ0n) is 9.27. The predicted octanol–water partition coefficient (Wildman–Crippen LogP) is 1.08. The van der Waals surface area contributed by atoms with Gasteiger partial charge in [-0.05, 0) is 19.4 Å². The van der Waals surface area contributed by atoms with Crippen molar-refractivity contribution in [3.63, 3.8) is 0 Å². The number of aliphatic hydroxyl groups is 2. The van der Waals surface area contributed by atoms with Crippen LogP contribution in [0.25, 0.3) is 0 Å². The summed E-state index contributed by atoms with van der Waals surface area (Å²) in [5, 5.41) is 22.0. The average molecular weight is 209 g/mol. The molecule has 0 saturated carbocycles. The Hall–Kier alpha value is -0.900. The molecule has 1 aromatic rings. The van der Waals surface area contributed by atoms with Gasteiger partial charge in [0, 0.05) is 12.1 Å². The molecular formula is C12H19NO2. The van der Waals surface area contributed by atoms with Gasteiger partial charge in [0.25, 0.3) is 0 Å². The quantitative estimate of drug-likeness (QED) is 0.680. The van der Waals surface area contributed by atoms with Crippen LogP contribution in [0.1, 0.15) is 25.5 Å². The fraction of sp³-hybridized carbons (Fsp3) is 0.500. The predicted molar refractivity (Wildman–Crippen MR) is 60.6 cm³/mol. The summed E-state index contributed by atoms with van der Waals surface area (Å²) in [4.78, 5) is 0. The number of benzene rings is 1. The van der Waals surface area contributed by atoms with Gasteiger partial charge in [-0.25, -0.2) is 0 Å². The molecule has 1 rings (SSSR count). The molecule has 0 amide bonds. The lowest BCUT2D eigenvalue weighted by Gasteiger charge is -2.25. The van der Waals surface area contributed by atoms with Gasteiger partial charge in [0.1, 0.15) is 0 Å². The van der Waals surface area contributed by atoms with E-state index in [0.717, 1.165) is 5.56 Å². The number of aliphatic hydroxyl groups excluding tert-OH is 2. The largest absolute Gasteiger partial charge is 0.394 e. The van der Waals surface area contributed by atoms with Crippen LogP contribution in [0.2, 0.25) is 0 Å². The Balaban J connectivity index is 2.47. The Morgan fingerprint density at radius 1 is 1.27 bits per heavy atom. The SMILES string of the molecule is CC(C)(CO)NC[C@@H](O)c1ccccc1. The normalized spacial score (nSPS) is 13.9. The lowest BCUT2D eigenvalue weighted by Crippen LogP contribution is -2.44. The number of nitrogens with one attached hydrogen (secondary N) is 1. The van der Waals surface area contributed by atoms with E-state index in [1.54, 1.807) is 0 Å². The number of β-amino-alcohol motifs (C(OH)–C–C–N with tert-alkyl or cyclic N) is 1. The van der Waals surface area contributed by atoms with Gasteiger partial charge >= 0.3 is 0 Å². The maximum atomic E-state index is 9.84. The Bertz CT molecular complexity index is 285. The van der Waals surface area contributed by atoms with Crippen LogP contribution >= 0.6 is 0 Å². The minimum atomic E-state index is -0.531. The van der Waals surface area contributed by atoms with Gasteiger partial charge in [-0.3, -0.25) is 0 Å². The molecule has 0 fully saturated rings. The first kappa shape index (κ1) is 12.2. The van der Waals surface area contributed by atoms with Crippen LogP contribution in [0, 0.1) is 0 Å². The summed E-state index contributed by atoms with van der Waals surface area (Å²) < 4.78 is 0. The lowest BCUT2D eigenvalue weighted by molar-refractivity contribution is 0.136. The molecule has 3 nitrogen and oxygen atoms in total. The van der Waals surface area contributed by atoms with Gasteiger partial charge in [-0.1, -0.05) is 30.3 Å². The van der Waals surface area contributed by atoms with E-state index in [1.807, 2.05) is 44.2 Å². The van der Waals surface area contributed by atoms with Crippen LogP contribution in [-0.4, -0.2) is 28.9 Å². The Morgan fingerprint density at radius 3 is 2.40 bits per heavy atom. The van der Waals surface area contributed by atoms with E-state index in [9.17, 15) is 5.11 Å². The molecule has 0 bridgehead atoms. The summed E-state index contributed by atoms with van der Waals surface area (Å²) >= 11 is 0. The molecule has 0 unspecified atom stereocenters. The minimum Gasteiger partial charge on any atom is -0.394 e. The number of hydrogen-bond donors (Lipinski definition) is 3. The van der Waals surface area contributed by atoms with Crippen molar-refractivity contribution in [1.29, 1.82) is 0 Å². The fourth-order valence-corrected chi connectivity index (χ4v) is 1.22. The highest BCUT2D eigenvalue weighted by atomic mass is 16.3. The molecule has 3 heteroatoms. The molecule has 0 spiro atoms. The van der Waals surface area contributed by atoms with Crippen molar-refractivity contribution < 1.29 is 10.2 Å². The second-order valence-electron chi connectivity index (χ2n) is 4.35. The topological polar surface area (TPSA) is 52.5 Å². The van der Waals surface area contributed by atoms with Crippen molar-refractivity contribution in [3.8, 4) is 0 Å². The van der Waals surface area contributed by atoms with Crippen LogP contribution in [0.4, 0.5) is 0 Å². The summed E-state index contributed by atoms with van der Waals surface area (Å²) in [5.74, 6) is 0. The molecule has 15 heavy (non-hydrogen) atoms. The van der Waals surface area contributed by atoms with Crippen molar-refractivity contribution in [2.45, 2.75) is 25.5 Å². The monoisotopic (exact) mass is 209 g/mol. The standard InChI is InChI=1S/C12H19NO2/c1-12(2,9-14)13-8-11(15)10-6-4-3-5-7-10/h3-7,11,13-15H,8-9H2,1-2H3/t11-/m1/s1. The van der Waals surface area contributed by atoms with Crippen molar-refractivity contribution in [1.82, 2.24) is 5.32 Å². The third kappa shape index (κ3) is 4.00. The fourth-order valence-electron chi connectivity index (χ4n) is 1.22. The van der Waals surface area contributed by atoms with Crippen LogP contribution in [-0.2, 0) is 0 Å². The van der Waals surface area contributed by atoms with Gasteiger partial charge in [-0.2, -0.15) is 0 Å². The highest BCUT2D eigenvalue weighted by Crippen LogP contribution is 2.12. The van der Waals surface area contributed by atoms with E-state index in [0.29, 0.717) is 6.54 Å². The molecular weight excluding hydrogens is 190 g/mol. The third-order valence-electron chi connectivity index (χ3n) is 2.35. The molecule has 1 aromatic carbocycles. The maximum absolute atomic E-state index is 9.84. The Morgan fingerprint density at radius 2 is 1.87 bits per heavy atom. The third-order valence-corrected chi connectivity index (χ3v) is 2.35. The molecule has 0 aliphatic heterocycles. The summed E-state index contributed by atoms with van der Waals surface area (Å²) in [6.07, 6.45) is -0.531. The molecule has 0 radical (unpaired) electrons. The molecule has 0 aromatic heterocycles. The van der Waals surface area contributed by atoms with Gasteiger partial charge in [0.2, 0.25) is 0 Å². The van der Waals surface area contributed by atoms with Crippen LogP contribution in [0.3, 0.4) is 0 Å². The first-order valence-corrected chi connectivity index (χ1v) is 5.14. The van der Waals surface area contributed by atoms with Gasteiger partial charge in [-0.15, -0.1) is 0 Å². The molecule has 0 aliphatic carbocycles. The van der Waals surface area contributed by atoms with E-state index in [-0.39, 0.29) is 12.1 Å². The Labute approximate surface area is 90.8 Å². The van der Waals surface area contributed by atoms with Crippen LogP contribution in [0.5, 0.6) is 0 Å². The highest BCUT2D eigenvalue weighted by molar-refractivity contribution is 5.17. The van der Waals surface area contributed by atoms with Gasteiger partial charge in [0.15, 0.2) is 0 Å². The van der Waals surface area contributed by atoms with Crippen molar-refractivity contribution in [2.24, 2.45) is 0 Å². The number of hydrogen-bond acceptors (Lipinski definition) is 3. The highest BCUT2D eigenvalue weighted by Gasteiger charge is 2.17. The zero-order chi connectivity index (χ0) is 11.3. The molecule has 3 N–H and O–H groups in total. The summed E-state index contributed by atoms with van der Waals surface area (Å²) in [6.45, 7) is 4.28. The molecule has 0 heterocycles. The first-order valence-electron chi connectivity index (χ1n) is 5.14. The van der Waals surface area contributed by atoms with E-state index < -0.39 is 6.10 Å². The summed E-state index contributed by atoms with van der Waals surface area (Å²) in [7, 11) is 0. The minimum absolute atomic E-state index is 0.0501. The van der Waals surface area contributed by atoms with E-state index in [1.165, 1.54) is 0 Å². The lowest BCUT2D eigenvalue weighted by atomic mass is 10.1. The van der Waals surface area contributed by atoms with E-state index >= 15 is 0 Å². The van der Waals surface area contributed by atoms with E-state index in [4.69, 9.17) is 5.11 Å². The van der Waals surface area contributed by atoms with Crippen molar-refractivity contribution in [3.05, 3.63) is 35.9 Å². The number of rotatable bonds is 5. The van der Waals surface area contributed by atoms with Crippen LogP contribution in [0.15, 0.2) is 30.3 Å². The second kappa shape index (κ2) is 5.26. The maximum Gasteiger partial charge on any atom is 0.0914 e. The van der Waals surface area contributed by atoms with Crippen LogP contribution < -0.4 is 5.32 Å². The van der Waals surface area contributed by atoms with Crippen molar-refractivity contribution >= 4 is 0 Å². The Kier molecular flexibility index (Phi) is 4.27. The van der Waals surface area contributed by atoms with Crippen molar-refractivity contribution in [2.75, 3.05) is 13.2 Å². The van der Waals surface area contributed by atoms with E-state index in [2.05, 4.69) is 5.32 Å². The smallest absolute Gasteiger partial charge is 0.0914 e. The second-order valence-corrected chi connectivity index (χ2v) is 4.35. The first-order chi connectivity index (χ1) is 7.05. The molecule has 84 valence electrons. The molecule has 0 saturated heterocycles. The average Bonchev–Trinajstić information content (AvgIpc) is 2.27. The van der Waals surface area contributed by atoms with Gasteiger partial charge in [0.05, 0.1) is 12.7 Å². The van der Waals surface area contributed by atoms with Gasteiger partial charge < -0.3 is 15.5 Å².